The summed E-state index contributed by atoms with van der Waals surface area (Å²) in [6, 6.07) is 28.1. The fourth-order valence-electron chi connectivity index (χ4n) is 6.15. The van der Waals surface area contributed by atoms with Crippen LogP contribution in [0.25, 0.3) is 0 Å². The number of esters is 1. The summed E-state index contributed by atoms with van der Waals surface area (Å²) in [6.45, 7) is 9.07. The Hall–Kier alpha value is -3.15. The highest BCUT2D eigenvalue weighted by atomic mass is 16.6. The van der Waals surface area contributed by atoms with Gasteiger partial charge in [0.25, 0.3) is 0 Å². The molecule has 0 saturated carbocycles. The second-order valence-electron chi connectivity index (χ2n) is 10.8. The zero-order valence-corrected chi connectivity index (χ0v) is 22.7. The third kappa shape index (κ3) is 5.10. The molecule has 5 heteroatoms. The van der Waals surface area contributed by atoms with Gasteiger partial charge in [0.15, 0.2) is 0 Å². The lowest BCUT2D eigenvalue weighted by atomic mass is 9.79. The molecule has 2 heterocycles. The van der Waals surface area contributed by atoms with Gasteiger partial charge in [-0.25, -0.2) is 0 Å². The number of carbonyl (C=O) groups is 1. The Bertz CT molecular complexity index is 1140. The Morgan fingerprint density at radius 3 is 1.84 bits per heavy atom. The average molecular weight is 513 g/mol. The fraction of sp³-hybridized carbons (Fsp3) is 0.424. The van der Waals surface area contributed by atoms with Gasteiger partial charge in [0.05, 0.1) is 5.41 Å². The molecule has 5 rings (SSSR count). The standard InChI is InChI=1S/C33H40N2O3/c1-3-32(4-2)25-30(38-31(32)36)19-20-34-21-23-35(24-22-34)29-17-15-28(16-18-29)33(37,26-11-7-5-8-12-26)27-13-9-6-10-14-27/h5-18,30,37H,3-4,19-25H2,1-2H3. The molecule has 1 N–H and O–H groups in total. The molecule has 2 fully saturated rings. The molecule has 0 amide bonds. The van der Waals surface area contributed by atoms with Crippen LogP contribution in [0.5, 0.6) is 0 Å². The van der Waals surface area contributed by atoms with E-state index >= 15 is 0 Å². The van der Waals surface area contributed by atoms with Crippen LogP contribution in [0.1, 0.15) is 56.2 Å². The highest BCUT2D eigenvalue weighted by Gasteiger charge is 2.46. The van der Waals surface area contributed by atoms with Crippen molar-refractivity contribution < 1.29 is 14.6 Å². The SMILES string of the molecule is CCC1(CC)CC(CCN2CCN(c3ccc(C(O)(c4ccccc4)c4ccccc4)cc3)CC2)OC1=O. The molecule has 2 aliphatic rings. The quantitative estimate of drug-likeness (QED) is 0.299. The van der Waals surface area contributed by atoms with Crippen LogP contribution >= 0.6 is 0 Å². The number of piperazine rings is 1. The van der Waals surface area contributed by atoms with Crippen molar-refractivity contribution in [2.75, 3.05) is 37.6 Å². The zero-order valence-electron chi connectivity index (χ0n) is 22.7. The Kier molecular flexibility index (Phi) is 7.87. The summed E-state index contributed by atoms with van der Waals surface area (Å²) in [7, 11) is 0. The number of hydrogen-bond donors (Lipinski definition) is 1. The highest BCUT2D eigenvalue weighted by molar-refractivity contribution is 5.79. The van der Waals surface area contributed by atoms with Gasteiger partial charge >= 0.3 is 5.97 Å². The first-order chi connectivity index (χ1) is 18.5. The first kappa shape index (κ1) is 26.5. The smallest absolute Gasteiger partial charge is 0.312 e. The predicted molar refractivity (Wildman–Crippen MR) is 152 cm³/mol. The molecule has 38 heavy (non-hydrogen) atoms. The zero-order chi connectivity index (χ0) is 26.6. The Morgan fingerprint density at radius 2 is 1.34 bits per heavy atom. The van der Waals surface area contributed by atoms with Gasteiger partial charge in [0, 0.05) is 44.8 Å². The topological polar surface area (TPSA) is 53.0 Å². The van der Waals surface area contributed by atoms with E-state index in [4.69, 9.17) is 4.74 Å². The maximum absolute atomic E-state index is 12.4. The molecule has 0 bridgehead atoms. The normalized spacial score (nSPS) is 19.9. The number of hydrogen-bond acceptors (Lipinski definition) is 5. The van der Waals surface area contributed by atoms with Crippen molar-refractivity contribution in [3.05, 3.63) is 102 Å². The predicted octanol–water partition coefficient (Wildman–Crippen LogP) is 5.60. The molecule has 3 aromatic rings. The van der Waals surface area contributed by atoms with E-state index in [2.05, 4.69) is 47.9 Å². The third-order valence-electron chi connectivity index (χ3n) is 8.85. The number of aliphatic hydroxyl groups is 1. The number of benzene rings is 3. The van der Waals surface area contributed by atoms with E-state index in [1.165, 1.54) is 5.69 Å². The molecule has 1 atom stereocenters. The second-order valence-corrected chi connectivity index (χ2v) is 10.8. The molecule has 5 nitrogen and oxygen atoms in total. The molecule has 1 unspecified atom stereocenters. The van der Waals surface area contributed by atoms with Gasteiger partial charge in [-0.05, 0) is 48.1 Å². The van der Waals surface area contributed by atoms with Gasteiger partial charge in [-0.15, -0.1) is 0 Å². The number of cyclic esters (lactones) is 1. The van der Waals surface area contributed by atoms with Crippen molar-refractivity contribution >= 4 is 11.7 Å². The average Bonchev–Trinajstić information content (AvgIpc) is 3.32. The van der Waals surface area contributed by atoms with Crippen LogP contribution in [0, 0.1) is 5.41 Å². The van der Waals surface area contributed by atoms with E-state index in [0.717, 1.165) is 75.1 Å². The second kappa shape index (κ2) is 11.3. The van der Waals surface area contributed by atoms with Crippen molar-refractivity contribution in [2.45, 2.75) is 51.2 Å². The minimum Gasteiger partial charge on any atom is -0.462 e. The highest BCUT2D eigenvalue weighted by Crippen LogP contribution is 2.41. The van der Waals surface area contributed by atoms with E-state index in [1.54, 1.807) is 0 Å². The van der Waals surface area contributed by atoms with Gasteiger partial charge < -0.3 is 14.7 Å². The Labute approximate surface area is 227 Å². The summed E-state index contributed by atoms with van der Waals surface area (Å²) < 4.78 is 5.75. The van der Waals surface area contributed by atoms with Gasteiger partial charge in [-0.2, -0.15) is 0 Å². The van der Waals surface area contributed by atoms with Crippen LogP contribution in [-0.2, 0) is 15.1 Å². The molecule has 0 aromatic heterocycles. The van der Waals surface area contributed by atoms with Crippen molar-refractivity contribution in [3.8, 4) is 0 Å². The van der Waals surface area contributed by atoms with Crippen LogP contribution in [0.4, 0.5) is 5.69 Å². The molecular formula is C33H40N2O3. The number of nitrogens with zero attached hydrogens (tertiary/aromatic N) is 2. The summed E-state index contributed by atoms with van der Waals surface area (Å²) in [6.07, 6.45) is 3.57. The van der Waals surface area contributed by atoms with Crippen molar-refractivity contribution in [3.63, 3.8) is 0 Å². The van der Waals surface area contributed by atoms with Crippen LogP contribution in [0.3, 0.4) is 0 Å². The molecule has 0 spiro atoms. The molecule has 3 aromatic carbocycles. The lowest BCUT2D eigenvalue weighted by Crippen LogP contribution is -2.47. The maximum atomic E-state index is 12.4. The lowest BCUT2D eigenvalue weighted by molar-refractivity contribution is -0.149. The van der Waals surface area contributed by atoms with E-state index in [-0.39, 0.29) is 17.5 Å². The summed E-state index contributed by atoms with van der Waals surface area (Å²) in [4.78, 5) is 17.3. The van der Waals surface area contributed by atoms with Gasteiger partial charge in [0.1, 0.15) is 11.7 Å². The Balaban J connectivity index is 1.21. The van der Waals surface area contributed by atoms with Crippen LogP contribution in [0.2, 0.25) is 0 Å². The molecule has 0 radical (unpaired) electrons. The number of carbonyl (C=O) groups excluding carboxylic acids is 1. The summed E-state index contributed by atoms with van der Waals surface area (Å²) in [5.74, 6) is 0.00666. The van der Waals surface area contributed by atoms with E-state index in [0.29, 0.717) is 0 Å². The van der Waals surface area contributed by atoms with Crippen molar-refractivity contribution in [2.24, 2.45) is 5.41 Å². The first-order valence-electron chi connectivity index (χ1n) is 14.1. The molecule has 200 valence electrons. The maximum Gasteiger partial charge on any atom is 0.312 e. The van der Waals surface area contributed by atoms with E-state index in [1.807, 2.05) is 60.7 Å². The van der Waals surface area contributed by atoms with Crippen LogP contribution < -0.4 is 4.90 Å². The van der Waals surface area contributed by atoms with Crippen molar-refractivity contribution in [1.82, 2.24) is 4.90 Å². The van der Waals surface area contributed by atoms with Gasteiger partial charge in [-0.3, -0.25) is 9.69 Å². The minimum absolute atomic E-state index is 0.00666. The number of rotatable bonds is 9. The largest absolute Gasteiger partial charge is 0.462 e. The fourth-order valence-corrected chi connectivity index (χ4v) is 6.15. The number of anilines is 1. The third-order valence-corrected chi connectivity index (χ3v) is 8.85. The first-order valence-corrected chi connectivity index (χ1v) is 14.1. The molecule has 0 aliphatic carbocycles. The van der Waals surface area contributed by atoms with Gasteiger partial charge in [0.2, 0.25) is 0 Å². The summed E-state index contributed by atoms with van der Waals surface area (Å²) in [5.41, 5.74) is 2.28. The molecule has 2 aliphatic heterocycles. The van der Waals surface area contributed by atoms with Crippen LogP contribution in [0.15, 0.2) is 84.9 Å². The lowest BCUT2D eigenvalue weighted by Gasteiger charge is -2.37. The molecular weight excluding hydrogens is 472 g/mol. The molecule has 2 saturated heterocycles. The minimum atomic E-state index is -1.21. The summed E-state index contributed by atoms with van der Waals surface area (Å²) in [5, 5.41) is 12.0. The van der Waals surface area contributed by atoms with E-state index in [9.17, 15) is 9.90 Å². The Morgan fingerprint density at radius 1 is 0.816 bits per heavy atom. The van der Waals surface area contributed by atoms with Gasteiger partial charge in [-0.1, -0.05) is 86.6 Å². The van der Waals surface area contributed by atoms with Crippen molar-refractivity contribution in [1.29, 1.82) is 0 Å². The summed E-state index contributed by atoms with van der Waals surface area (Å²) >= 11 is 0. The number of ether oxygens (including phenoxy) is 1. The monoisotopic (exact) mass is 512 g/mol. The van der Waals surface area contributed by atoms with E-state index < -0.39 is 5.60 Å². The van der Waals surface area contributed by atoms with Crippen LogP contribution in [-0.4, -0.2) is 54.8 Å².